The molecule has 0 radical (unpaired) electrons. The van der Waals surface area contributed by atoms with Crippen LogP contribution in [0.2, 0.25) is 0 Å². The molecule has 10 aromatic rings. The topological polar surface area (TPSA) is 43.3 Å². The molecule has 0 atom stereocenters. The largest absolute Gasteiger partial charge is 0.455 e. The smallest absolute Gasteiger partial charge is 0.147 e. The van der Waals surface area contributed by atoms with Gasteiger partial charge in [0, 0.05) is 33.3 Å². The van der Waals surface area contributed by atoms with Gasteiger partial charge < -0.3 is 4.42 Å². The number of hydrogen-bond donors (Lipinski definition) is 0. The normalized spacial score (nSPS) is 12.1. The third kappa shape index (κ3) is 3.17. The lowest BCUT2D eigenvalue weighted by Crippen LogP contribution is -1.95. The van der Waals surface area contributed by atoms with Crippen LogP contribution in [0.4, 0.5) is 0 Å². The first-order chi connectivity index (χ1) is 21.8. The summed E-state index contributed by atoms with van der Waals surface area (Å²) in [5.41, 5.74) is 11.4. The van der Waals surface area contributed by atoms with Gasteiger partial charge in [0.2, 0.25) is 0 Å². The summed E-state index contributed by atoms with van der Waals surface area (Å²) in [5.74, 6) is 0. The number of benzene rings is 6. The van der Waals surface area contributed by atoms with E-state index in [1.54, 1.807) is 0 Å². The predicted octanol–water partition coefficient (Wildman–Crippen LogP) is 10.6. The Balaban J connectivity index is 1.29. The van der Waals surface area contributed by atoms with E-state index >= 15 is 0 Å². The Morgan fingerprint density at radius 1 is 0.523 bits per heavy atom. The molecule has 0 aliphatic carbocycles. The summed E-state index contributed by atoms with van der Waals surface area (Å²) in [6.45, 7) is 0. The summed E-state index contributed by atoms with van der Waals surface area (Å²) in [6.07, 6.45) is 1.89. The lowest BCUT2D eigenvalue weighted by atomic mass is 9.91. The molecule has 6 aromatic carbocycles. The summed E-state index contributed by atoms with van der Waals surface area (Å²) >= 11 is 0. The van der Waals surface area contributed by atoms with Crippen LogP contribution in [-0.4, -0.2) is 14.4 Å². The molecule has 204 valence electrons. The summed E-state index contributed by atoms with van der Waals surface area (Å²) in [4.78, 5) is 10.1. The van der Waals surface area contributed by atoms with Gasteiger partial charge >= 0.3 is 0 Å². The number of imidazole rings is 1. The second kappa shape index (κ2) is 8.76. The van der Waals surface area contributed by atoms with Crippen molar-refractivity contribution in [2.24, 2.45) is 0 Å². The number of fused-ring (bicyclic) bond motifs is 13. The monoisotopic (exact) mass is 561 g/mol. The van der Waals surface area contributed by atoms with Gasteiger partial charge in [-0.05, 0) is 69.9 Å². The van der Waals surface area contributed by atoms with Gasteiger partial charge in [0.25, 0.3) is 0 Å². The SMILES string of the molecule is c1cc(-c2cc3c4ncccc4n4c5ccccc5nc4c3c3ccccc23)cc(-c2cccc3c2oc2ccccc23)c1. The first kappa shape index (κ1) is 23.6. The first-order valence-corrected chi connectivity index (χ1v) is 14.8. The van der Waals surface area contributed by atoms with Gasteiger partial charge in [0.15, 0.2) is 0 Å². The number of para-hydroxylation sites is 4. The van der Waals surface area contributed by atoms with E-state index in [-0.39, 0.29) is 0 Å². The number of nitrogens with zero attached hydrogens (tertiary/aromatic N) is 3. The standard InChI is InChI=1S/C40H23N3O/c1-2-14-29-27(12-1)31(23-32-37(29)40-42-33-17-4-5-18-34(33)43(40)35-19-9-21-41-38(32)35)25-11-7-10-24(22-25)26-15-8-16-30-28-13-3-6-20-36(28)44-39(26)30/h1-23H. The van der Waals surface area contributed by atoms with Crippen molar-refractivity contribution in [3.05, 3.63) is 140 Å². The Hall–Kier alpha value is -6.00. The minimum atomic E-state index is 0.906. The molecule has 44 heavy (non-hydrogen) atoms. The molecule has 0 amide bonds. The van der Waals surface area contributed by atoms with Crippen LogP contribution in [0.25, 0.3) is 93.5 Å². The van der Waals surface area contributed by atoms with E-state index in [1.165, 1.54) is 10.9 Å². The van der Waals surface area contributed by atoms with Crippen molar-refractivity contribution in [2.45, 2.75) is 0 Å². The molecule has 0 saturated carbocycles. The maximum Gasteiger partial charge on any atom is 0.147 e. The van der Waals surface area contributed by atoms with Gasteiger partial charge in [-0.2, -0.15) is 0 Å². The first-order valence-electron chi connectivity index (χ1n) is 14.8. The van der Waals surface area contributed by atoms with Crippen molar-refractivity contribution in [1.29, 1.82) is 0 Å². The number of pyridine rings is 2. The maximum absolute atomic E-state index is 6.41. The zero-order valence-corrected chi connectivity index (χ0v) is 23.5. The molecule has 4 nitrogen and oxygen atoms in total. The highest BCUT2D eigenvalue weighted by Crippen LogP contribution is 2.42. The van der Waals surface area contributed by atoms with Crippen LogP contribution in [0.5, 0.6) is 0 Å². The van der Waals surface area contributed by atoms with Gasteiger partial charge in [0.1, 0.15) is 16.8 Å². The van der Waals surface area contributed by atoms with Crippen molar-refractivity contribution in [3.63, 3.8) is 0 Å². The van der Waals surface area contributed by atoms with Crippen molar-refractivity contribution >= 4 is 71.2 Å². The molecule has 0 N–H and O–H groups in total. The fourth-order valence-electron chi connectivity index (χ4n) is 7.09. The number of furan rings is 1. The zero-order valence-electron chi connectivity index (χ0n) is 23.5. The van der Waals surface area contributed by atoms with Crippen LogP contribution in [0.15, 0.2) is 144 Å². The van der Waals surface area contributed by atoms with Crippen molar-refractivity contribution in [2.75, 3.05) is 0 Å². The van der Waals surface area contributed by atoms with E-state index < -0.39 is 0 Å². The Labute approximate surface area is 251 Å². The summed E-state index contributed by atoms with van der Waals surface area (Å²) in [7, 11) is 0. The second-order valence-electron chi connectivity index (χ2n) is 11.4. The molecule has 10 rings (SSSR count). The lowest BCUT2D eigenvalue weighted by molar-refractivity contribution is 0.670. The van der Waals surface area contributed by atoms with Crippen molar-refractivity contribution in [3.8, 4) is 22.3 Å². The van der Waals surface area contributed by atoms with Gasteiger partial charge in [0.05, 0.1) is 22.1 Å². The molecule has 0 aliphatic heterocycles. The third-order valence-corrected chi connectivity index (χ3v) is 9.00. The molecule has 4 heterocycles. The molecule has 0 aliphatic rings. The number of rotatable bonds is 2. The fraction of sp³-hybridized carbons (Fsp3) is 0. The molecule has 0 fully saturated rings. The van der Waals surface area contributed by atoms with Gasteiger partial charge in [-0.3, -0.25) is 9.38 Å². The lowest BCUT2D eigenvalue weighted by Gasteiger charge is -2.15. The molecule has 4 heteroatoms. The van der Waals surface area contributed by atoms with E-state index in [0.717, 1.165) is 82.5 Å². The summed E-state index contributed by atoms with van der Waals surface area (Å²) < 4.78 is 8.67. The fourth-order valence-corrected chi connectivity index (χ4v) is 7.09. The number of hydrogen-bond acceptors (Lipinski definition) is 3. The molecule has 0 spiro atoms. The van der Waals surface area contributed by atoms with Crippen LogP contribution in [-0.2, 0) is 0 Å². The van der Waals surface area contributed by atoms with Crippen LogP contribution < -0.4 is 0 Å². The van der Waals surface area contributed by atoms with E-state index in [2.05, 4.69) is 114 Å². The van der Waals surface area contributed by atoms with Gasteiger partial charge in [-0.1, -0.05) is 91.0 Å². The molecule has 0 bridgehead atoms. The zero-order chi connectivity index (χ0) is 28.8. The van der Waals surface area contributed by atoms with E-state index in [1.807, 2.05) is 30.5 Å². The second-order valence-corrected chi connectivity index (χ2v) is 11.4. The van der Waals surface area contributed by atoms with Gasteiger partial charge in [-0.15, -0.1) is 0 Å². The van der Waals surface area contributed by atoms with E-state index in [4.69, 9.17) is 14.4 Å². The molecule has 4 aromatic heterocycles. The Kier molecular flexibility index (Phi) is 4.69. The molecular formula is C40H23N3O. The van der Waals surface area contributed by atoms with Crippen LogP contribution in [0.3, 0.4) is 0 Å². The van der Waals surface area contributed by atoms with Gasteiger partial charge in [-0.25, -0.2) is 4.98 Å². The Morgan fingerprint density at radius 3 is 2.18 bits per heavy atom. The highest BCUT2D eigenvalue weighted by Gasteiger charge is 2.19. The summed E-state index contributed by atoms with van der Waals surface area (Å²) in [5, 5.41) is 6.84. The average Bonchev–Trinajstić information content (AvgIpc) is 3.67. The van der Waals surface area contributed by atoms with E-state index in [9.17, 15) is 0 Å². The average molecular weight is 562 g/mol. The Bertz CT molecular complexity index is 2790. The quantitative estimate of drug-likeness (QED) is 0.197. The molecular weight excluding hydrogens is 538 g/mol. The van der Waals surface area contributed by atoms with E-state index in [0.29, 0.717) is 0 Å². The maximum atomic E-state index is 6.41. The van der Waals surface area contributed by atoms with Crippen molar-refractivity contribution in [1.82, 2.24) is 14.4 Å². The predicted molar refractivity (Wildman–Crippen MR) is 181 cm³/mol. The van der Waals surface area contributed by atoms with Crippen LogP contribution >= 0.6 is 0 Å². The Morgan fingerprint density at radius 2 is 1.25 bits per heavy atom. The van der Waals surface area contributed by atoms with Crippen LogP contribution in [0.1, 0.15) is 0 Å². The minimum absolute atomic E-state index is 0.906. The highest BCUT2D eigenvalue weighted by molar-refractivity contribution is 6.25. The van der Waals surface area contributed by atoms with Crippen LogP contribution in [0, 0.1) is 0 Å². The van der Waals surface area contributed by atoms with Crippen molar-refractivity contribution < 1.29 is 4.42 Å². The minimum Gasteiger partial charge on any atom is -0.455 e. The molecule has 0 unspecified atom stereocenters. The summed E-state index contributed by atoms with van der Waals surface area (Å²) in [6, 6.07) is 46.9. The third-order valence-electron chi connectivity index (χ3n) is 9.00. The molecule has 0 saturated heterocycles. The number of aromatic nitrogens is 3. The highest BCUT2D eigenvalue weighted by atomic mass is 16.3.